The van der Waals surface area contributed by atoms with E-state index in [4.69, 9.17) is 23.7 Å². The standard InChI is InChI=1S/C22H26O6/c1-24-17-11-14-6-7-15(21(23)16(14)12-18(17)25-2)8-13-9-19(26-3)22(28-5)20(10-13)27-4/h9-12,15H,6-8H2,1-5H3. The van der Waals surface area contributed by atoms with Gasteiger partial charge in [-0.15, -0.1) is 0 Å². The summed E-state index contributed by atoms with van der Waals surface area (Å²) < 4.78 is 27.0. The minimum atomic E-state index is -0.117. The van der Waals surface area contributed by atoms with E-state index in [1.807, 2.05) is 18.2 Å². The fraction of sp³-hybridized carbons (Fsp3) is 0.409. The number of fused-ring (bicyclic) bond motifs is 1. The summed E-state index contributed by atoms with van der Waals surface area (Å²) in [5.41, 5.74) is 2.68. The molecule has 150 valence electrons. The molecule has 0 bridgehead atoms. The van der Waals surface area contributed by atoms with E-state index in [2.05, 4.69) is 0 Å². The number of hydrogen-bond donors (Lipinski definition) is 0. The minimum absolute atomic E-state index is 0.117. The van der Waals surface area contributed by atoms with Crippen LogP contribution in [0.1, 0.15) is 27.9 Å². The van der Waals surface area contributed by atoms with Crippen LogP contribution < -0.4 is 23.7 Å². The van der Waals surface area contributed by atoms with E-state index >= 15 is 0 Å². The van der Waals surface area contributed by atoms with Gasteiger partial charge in [0.2, 0.25) is 5.75 Å². The van der Waals surface area contributed by atoms with Crippen LogP contribution in [0, 0.1) is 5.92 Å². The first-order valence-corrected chi connectivity index (χ1v) is 9.14. The lowest BCUT2D eigenvalue weighted by Gasteiger charge is -2.25. The van der Waals surface area contributed by atoms with Crippen molar-refractivity contribution < 1.29 is 28.5 Å². The van der Waals surface area contributed by atoms with Crippen LogP contribution in [0.15, 0.2) is 24.3 Å². The Morgan fingerprint density at radius 1 is 0.786 bits per heavy atom. The summed E-state index contributed by atoms with van der Waals surface area (Å²) in [5, 5.41) is 0. The van der Waals surface area contributed by atoms with Crippen LogP contribution in [0.25, 0.3) is 0 Å². The van der Waals surface area contributed by atoms with Crippen molar-refractivity contribution in [3.05, 3.63) is 41.0 Å². The van der Waals surface area contributed by atoms with Crippen molar-refractivity contribution in [1.29, 1.82) is 0 Å². The highest BCUT2D eigenvalue weighted by Gasteiger charge is 2.29. The Balaban J connectivity index is 1.90. The molecule has 1 atom stereocenters. The number of carbonyl (C=O) groups excluding carboxylic acids is 1. The molecule has 0 heterocycles. The average molecular weight is 386 g/mol. The molecule has 28 heavy (non-hydrogen) atoms. The summed E-state index contributed by atoms with van der Waals surface area (Å²) >= 11 is 0. The lowest BCUT2D eigenvalue weighted by molar-refractivity contribution is 0.0900. The lowest BCUT2D eigenvalue weighted by Crippen LogP contribution is -2.24. The van der Waals surface area contributed by atoms with E-state index in [0.717, 1.165) is 24.0 Å². The number of aryl methyl sites for hydroxylation is 1. The Morgan fingerprint density at radius 2 is 1.36 bits per heavy atom. The molecule has 2 aromatic carbocycles. The van der Waals surface area contributed by atoms with Gasteiger partial charge in [0, 0.05) is 11.5 Å². The summed E-state index contributed by atoms with van der Waals surface area (Å²) in [6, 6.07) is 7.50. The third kappa shape index (κ3) is 3.59. The van der Waals surface area contributed by atoms with Crippen LogP contribution in [-0.4, -0.2) is 41.3 Å². The van der Waals surface area contributed by atoms with Crippen LogP contribution in [0.5, 0.6) is 28.7 Å². The fourth-order valence-corrected chi connectivity index (χ4v) is 3.77. The molecule has 0 aliphatic heterocycles. The Bertz CT molecular complexity index is 849. The topological polar surface area (TPSA) is 63.2 Å². The van der Waals surface area contributed by atoms with Gasteiger partial charge in [-0.25, -0.2) is 0 Å². The number of rotatable bonds is 7. The van der Waals surface area contributed by atoms with Crippen molar-refractivity contribution in [2.45, 2.75) is 19.3 Å². The molecule has 6 heteroatoms. The second kappa shape index (κ2) is 8.42. The maximum Gasteiger partial charge on any atom is 0.203 e. The van der Waals surface area contributed by atoms with E-state index in [1.165, 1.54) is 0 Å². The van der Waals surface area contributed by atoms with Crippen LogP contribution in [0.3, 0.4) is 0 Å². The molecule has 6 nitrogen and oxygen atoms in total. The zero-order valence-electron chi connectivity index (χ0n) is 17.0. The molecule has 2 aromatic rings. The van der Waals surface area contributed by atoms with E-state index in [0.29, 0.717) is 40.7 Å². The molecular weight excluding hydrogens is 360 g/mol. The van der Waals surface area contributed by atoms with Crippen LogP contribution in [0.4, 0.5) is 0 Å². The van der Waals surface area contributed by atoms with Crippen molar-refractivity contribution >= 4 is 5.78 Å². The highest BCUT2D eigenvalue weighted by atomic mass is 16.5. The maximum absolute atomic E-state index is 13.1. The van der Waals surface area contributed by atoms with E-state index in [-0.39, 0.29) is 11.7 Å². The smallest absolute Gasteiger partial charge is 0.203 e. The Morgan fingerprint density at radius 3 is 1.89 bits per heavy atom. The first-order chi connectivity index (χ1) is 13.6. The van der Waals surface area contributed by atoms with Gasteiger partial charge in [-0.05, 0) is 54.7 Å². The second-order valence-corrected chi connectivity index (χ2v) is 6.70. The number of methoxy groups -OCH3 is 5. The van der Waals surface area contributed by atoms with Crippen molar-refractivity contribution in [1.82, 2.24) is 0 Å². The second-order valence-electron chi connectivity index (χ2n) is 6.70. The summed E-state index contributed by atoms with van der Waals surface area (Å²) in [5.74, 6) is 2.95. The fourth-order valence-electron chi connectivity index (χ4n) is 3.77. The normalized spacial score (nSPS) is 15.6. The number of ketones is 1. The molecule has 3 rings (SSSR count). The third-order valence-corrected chi connectivity index (χ3v) is 5.21. The third-order valence-electron chi connectivity index (χ3n) is 5.21. The van der Waals surface area contributed by atoms with Gasteiger partial charge in [0.05, 0.1) is 35.5 Å². The molecule has 0 radical (unpaired) electrons. The molecule has 1 aliphatic rings. The predicted octanol–water partition coefficient (Wildman–Crippen LogP) is 3.72. The van der Waals surface area contributed by atoms with Crippen molar-refractivity contribution in [2.75, 3.05) is 35.5 Å². The Kier molecular flexibility index (Phi) is 5.97. The molecule has 1 unspecified atom stereocenters. The van der Waals surface area contributed by atoms with Gasteiger partial charge in [0.25, 0.3) is 0 Å². The highest BCUT2D eigenvalue weighted by molar-refractivity contribution is 6.01. The van der Waals surface area contributed by atoms with Gasteiger partial charge in [0.1, 0.15) is 0 Å². The number of hydrogen-bond acceptors (Lipinski definition) is 6. The first-order valence-electron chi connectivity index (χ1n) is 9.14. The molecule has 0 amide bonds. The lowest BCUT2D eigenvalue weighted by atomic mass is 9.79. The SMILES string of the molecule is COc1cc2c(cc1OC)C(=O)C(Cc1cc(OC)c(OC)c(OC)c1)CC2. The number of benzene rings is 2. The summed E-state index contributed by atoms with van der Waals surface area (Å²) in [6.07, 6.45) is 2.19. The van der Waals surface area contributed by atoms with Crippen LogP contribution >= 0.6 is 0 Å². The van der Waals surface area contributed by atoms with E-state index in [9.17, 15) is 4.79 Å². The van der Waals surface area contributed by atoms with E-state index in [1.54, 1.807) is 41.6 Å². The van der Waals surface area contributed by atoms with Gasteiger partial charge in [-0.3, -0.25) is 4.79 Å². The molecule has 0 saturated carbocycles. The number of Topliss-reactive ketones (excluding diaryl/α,β-unsaturated/α-hetero) is 1. The Hall–Kier alpha value is -2.89. The van der Waals surface area contributed by atoms with Gasteiger partial charge >= 0.3 is 0 Å². The summed E-state index contributed by atoms with van der Waals surface area (Å²) in [6.45, 7) is 0. The quantitative estimate of drug-likeness (QED) is 0.723. The molecular formula is C22H26O6. The van der Waals surface area contributed by atoms with Gasteiger partial charge in [0.15, 0.2) is 28.8 Å². The molecule has 0 saturated heterocycles. The Labute approximate surface area is 165 Å². The zero-order chi connectivity index (χ0) is 20.3. The van der Waals surface area contributed by atoms with Crippen LogP contribution in [0.2, 0.25) is 0 Å². The minimum Gasteiger partial charge on any atom is -0.493 e. The predicted molar refractivity (Wildman–Crippen MR) is 105 cm³/mol. The van der Waals surface area contributed by atoms with Gasteiger partial charge < -0.3 is 23.7 Å². The van der Waals surface area contributed by atoms with Crippen molar-refractivity contribution in [3.63, 3.8) is 0 Å². The number of carbonyl (C=O) groups is 1. The van der Waals surface area contributed by atoms with Gasteiger partial charge in [-0.2, -0.15) is 0 Å². The van der Waals surface area contributed by atoms with Crippen molar-refractivity contribution in [2.24, 2.45) is 5.92 Å². The number of ether oxygens (including phenoxy) is 5. The largest absolute Gasteiger partial charge is 0.493 e. The molecule has 1 aliphatic carbocycles. The monoisotopic (exact) mass is 386 g/mol. The van der Waals surface area contributed by atoms with Crippen LogP contribution in [-0.2, 0) is 12.8 Å². The first kappa shape index (κ1) is 19.9. The average Bonchev–Trinajstić information content (AvgIpc) is 2.73. The molecule has 0 fully saturated rings. The van der Waals surface area contributed by atoms with Crippen molar-refractivity contribution in [3.8, 4) is 28.7 Å². The molecule has 0 N–H and O–H groups in total. The summed E-state index contributed by atoms with van der Waals surface area (Å²) in [7, 11) is 7.92. The molecule has 0 spiro atoms. The highest BCUT2D eigenvalue weighted by Crippen LogP contribution is 2.40. The zero-order valence-corrected chi connectivity index (χ0v) is 17.0. The maximum atomic E-state index is 13.1. The van der Waals surface area contributed by atoms with Gasteiger partial charge in [-0.1, -0.05) is 0 Å². The summed E-state index contributed by atoms with van der Waals surface area (Å²) in [4.78, 5) is 13.1. The van der Waals surface area contributed by atoms with E-state index < -0.39 is 0 Å². The molecule has 0 aromatic heterocycles.